The lowest BCUT2D eigenvalue weighted by molar-refractivity contribution is -0.385. The van der Waals surface area contributed by atoms with E-state index >= 15 is 0 Å². The number of anilines is 1. The first-order chi connectivity index (χ1) is 9.41. The van der Waals surface area contributed by atoms with Crippen LogP contribution in [0.2, 0.25) is 0 Å². The van der Waals surface area contributed by atoms with Crippen LogP contribution < -0.4 is 5.32 Å². The van der Waals surface area contributed by atoms with Gasteiger partial charge in [0.2, 0.25) is 0 Å². The lowest BCUT2D eigenvalue weighted by Crippen LogP contribution is -2.32. The Morgan fingerprint density at radius 3 is 2.55 bits per heavy atom. The third-order valence-electron chi connectivity index (χ3n) is 3.59. The van der Waals surface area contributed by atoms with E-state index in [2.05, 4.69) is 5.32 Å². The predicted molar refractivity (Wildman–Crippen MR) is 77.8 cm³/mol. The van der Waals surface area contributed by atoms with E-state index in [1.54, 1.807) is 6.07 Å². The van der Waals surface area contributed by atoms with Gasteiger partial charge in [0.25, 0.3) is 5.69 Å². The summed E-state index contributed by atoms with van der Waals surface area (Å²) in [5.41, 5.74) is 1.49. The molecule has 6 nitrogen and oxygen atoms in total. The molecule has 0 radical (unpaired) electrons. The van der Waals surface area contributed by atoms with Crippen LogP contribution in [-0.2, 0) is 16.3 Å². The zero-order chi connectivity index (χ0) is 14.8. The number of nitrogens with one attached hydrogen (secondary N) is 1. The van der Waals surface area contributed by atoms with E-state index in [4.69, 9.17) is 0 Å². The second-order valence-corrected chi connectivity index (χ2v) is 7.33. The molecule has 0 spiro atoms. The van der Waals surface area contributed by atoms with Crippen molar-refractivity contribution in [2.24, 2.45) is 0 Å². The lowest BCUT2D eigenvalue weighted by Gasteiger charge is -2.24. The first-order valence-electron chi connectivity index (χ1n) is 6.65. The fourth-order valence-electron chi connectivity index (χ4n) is 2.39. The average Bonchev–Trinajstić information content (AvgIpc) is 2.41. The zero-order valence-corrected chi connectivity index (χ0v) is 12.1. The summed E-state index contributed by atoms with van der Waals surface area (Å²) in [7, 11) is -2.89. The molecule has 0 amide bonds. The standard InChI is InChI=1S/C13H18N2O4S/c1-2-10-3-4-12(9-13(10)15(16)17)14-11-5-7-20(18,19)8-6-11/h3-4,9,11,14H,2,5-8H2,1H3. The van der Waals surface area contributed by atoms with Crippen molar-refractivity contribution in [1.82, 2.24) is 0 Å². The molecule has 1 N–H and O–H groups in total. The third kappa shape index (κ3) is 3.47. The molecule has 2 rings (SSSR count). The summed E-state index contributed by atoms with van der Waals surface area (Å²) in [6.07, 6.45) is 1.70. The van der Waals surface area contributed by atoms with Crippen molar-refractivity contribution in [3.8, 4) is 0 Å². The Hall–Kier alpha value is -1.63. The smallest absolute Gasteiger partial charge is 0.274 e. The maximum absolute atomic E-state index is 11.4. The summed E-state index contributed by atoms with van der Waals surface area (Å²) in [5, 5.41) is 14.2. The van der Waals surface area contributed by atoms with Crippen LogP contribution in [0.4, 0.5) is 11.4 Å². The molecule has 1 fully saturated rings. The minimum Gasteiger partial charge on any atom is -0.382 e. The molecular weight excluding hydrogens is 280 g/mol. The van der Waals surface area contributed by atoms with Crippen LogP contribution in [-0.4, -0.2) is 30.9 Å². The Labute approximate surface area is 118 Å². The molecule has 0 aliphatic carbocycles. The van der Waals surface area contributed by atoms with Gasteiger partial charge < -0.3 is 5.32 Å². The van der Waals surface area contributed by atoms with Gasteiger partial charge in [0.1, 0.15) is 9.84 Å². The Bertz CT molecular complexity index is 599. The van der Waals surface area contributed by atoms with Crippen LogP contribution in [0, 0.1) is 10.1 Å². The molecule has 0 bridgehead atoms. The molecule has 110 valence electrons. The summed E-state index contributed by atoms with van der Waals surface area (Å²) >= 11 is 0. The van der Waals surface area contributed by atoms with Crippen molar-refractivity contribution in [3.05, 3.63) is 33.9 Å². The Morgan fingerprint density at radius 1 is 1.35 bits per heavy atom. The van der Waals surface area contributed by atoms with Crippen molar-refractivity contribution in [2.75, 3.05) is 16.8 Å². The number of benzene rings is 1. The van der Waals surface area contributed by atoms with Gasteiger partial charge in [-0.3, -0.25) is 10.1 Å². The molecule has 20 heavy (non-hydrogen) atoms. The number of hydrogen-bond donors (Lipinski definition) is 1. The molecule has 1 aromatic carbocycles. The van der Waals surface area contributed by atoms with E-state index in [1.807, 2.05) is 13.0 Å². The topological polar surface area (TPSA) is 89.3 Å². The Kier molecular flexibility index (Phi) is 4.27. The lowest BCUT2D eigenvalue weighted by atomic mass is 10.1. The molecule has 7 heteroatoms. The van der Waals surface area contributed by atoms with Gasteiger partial charge in [0.15, 0.2) is 0 Å². The molecule has 0 unspecified atom stereocenters. The van der Waals surface area contributed by atoms with Crippen molar-refractivity contribution >= 4 is 21.2 Å². The summed E-state index contributed by atoms with van der Waals surface area (Å²) in [4.78, 5) is 10.6. The zero-order valence-electron chi connectivity index (χ0n) is 11.3. The molecule has 1 aliphatic heterocycles. The van der Waals surface area contributed by atoms with Crippen LogP contribution in [0.5, 0.6) is 0 Å². The molecule has 0 saturated carbocycles. The van der Waals surface area contributed by atoms with Gasteiger partial charge in [-0.25, -0.2) is 8.42 Å². The van der Waals surface area contributed by atoms with Crippen LogP contribution >= 0.6 is 0 Å². The summed E-state index contributed by atoms with van der Waals surface area (Å²) in [6, 6.07) is 5.15. The normalized spacial score (nSPS) is 18.6. The fourth-order valence-corrected chi connectivity index (χ4v) is 3.88. The molecule has 0 aromatic heterocycles. The number of sulfone groups is 1. The fraction of sp³-hybridized carbons (Fsp3) is 0.538. The number of hydrogen-bond acceptors (Lipinski definition) is 5. The van der Waals surface area contributed by atoms with Crippen molar-refractivity contribution in [2.45, 2.75) is 32.2 Å². The van der Waals surface area contributed by atoms with Crippen LogP contribution in [0.1, 0.15) is 25.3 Å². The van der Waals surface area contributed by atoms with Crippen molar-refractivity contribution in [3.63, 3.8) is 0 Å². The maximum Gasteiger partial charge on any atom is 0.274 e. The van der Waals surface area contributed by atoms with E-state index < -0.39 is 9.84 Å². The second-order valence-electron chi connectivity index (χ2n) is 5.02. The van der Waals surface area contributed by atoms with Crippen LogP contribution in [0.15, 0.2) is 18.2 Å². The second kappa shape index (κ2) is 5.78. The number of nitrogens with zero attached hydrogens (tertiary/aromatic N) is 1. The average molecular weight is 298 g/mol. The molecule has 1 aliphatic rings. The van der Waals surface area contributed by atoms with E-state index in [1.165, 1.54) is 6.07 Å². The summed E-state index contributed by atoms with van der Waals surface area (Å²) in [6.45, 7) is 1.88. The minimum atomic E-state index is -2.89. The SMILES string of the molecule is CCc1ccc(NC2CCS(=O)(=O)CC2)cc1[N+](=O)[O-]. The molecule has 1 saturated heterocycles. The third-order valence-corrected chi connectivity index (χ3v) is 5.30. The van der Waals surface area contributed by atoms with E-state index in [0.29, 0.717) is 30.5 Å². The highest BCUT2D eigenvalue weighted by molar-refractivity contribution is 7.91. The van der Waals surface area contributed by atoms with Crippen LogP contribution in [0.25, 0.3) is 0 Å². The molecule has 0 atom stereocenters. The molecule has 1 aromatic rings. The highest BCUT2D eigenvalue weighted by Crippen LogP contribution is 2.25. The van der Waals surface area contributed by atoms with E-state index in [-0.39, 0.29) is 28.2 Å². The van der Waals surface area contributed by atoms with Crippen molar-refractivity contribution in [1.29, 1.82) is 0 Å². The molecular formula is C13H18N2O4S. The Morgan fingerprint density at radius 2 is 2.00 bits per heavy atom. The van der Waals surface area contributed by atoms with Crippen LogP contribution in [0.3, 0.4) is 0 Å². The van der Waals surface area contributed by atoms with Gasteiger partial charge in [0.05, 0.1) is 16.4 Å². The number of aryl methyl sites for hydroxylation is 1. The van der Waals surface area contributed by atoms with Gasteiger partial charge in [0, 0.05) is 23.4 Å². The van der Waals surface area contributed by atoms with Gasteiger partial charge in [-0.15, -0.1) is 0 Å². The molecule has 1 heterocycles. The largest absolute Gasteiger partial charge is 0.382 e. The summed E-state index contributed by atoms with van der Waals surface area (Å²) in [5.74, 6) is 0.361. The minimum absolute atomic E-state index is 0.0607. The first-order valence-corrected chi connectivity index (χ1v) is 8.47. The predicted octanol–water partition coefficient (Wildman–Crippen LogP) is 2.15. The first kappa shape index (κ1) is 14.8. The van der Waals surface area contributed by atoms with Gasteiger partial charge in [-0.05, 0) is 25.3 Å². The van der Waals surface area contributed by atoms with E-state index in [0.717, 1.165) is 0 Å². The number of nitro groups is 1. The summed E-state index contributed by atoms with van der Waals surface area (Å²) < 4.78 is 22.7. The monoisotopic (exact) mass is 298 g/mol. The maximum atomic E-state index is 11.4. The number of rotatable bonds is 4. The van der Waals surface area contributed by atoms with Gasteiger partial charge >= 0.3 is 0 Å². The van der Waals surface area contributed by atoms with E-state index in [9.17, 15) is 18.5 Å². The van der Waals surface area contributed by atoms with Crippen molar-refractivity contribution < 1.29 is 13.3 Å². The highest BCUT2D eigenvalue weighted by atomic mass is 32.2. The van der Waals surface area contributed by atoms with Gasteiger partial charge in [-0.2, -0.15) is 0 Å². The van der Waals surface area contributed by atoms with Gasteiger partial charge in [-0.1, -0.05) is 13.0 Å². The number of nitro benzene ring substituents is 1. The quantitative estimate of drug-likeness (QED) is 0.679. The Balaban J connectivity index is 2.11. The highest BCUT2D eigenvalue weighted by Gasteiger charge is 2.24.